The Bertz CT molecular complexity index is 907. The molecular weight excluding hydrogens is 373 g/mol. The summed E-state index contributed by atoms with van der Waals surface area (Å²) in [6.07, 6.45) is 1.55. The molecule has 1 aromatic heterocycles. The summed E-state index contributed by atoms with van der Waals surface area (Å²) in [4.78, 5) is 12.4. The van der Waals surface area contributed by atoms with Gasteiger partial charge in [0, 0.05) is 10.0 Å². The summed E-state index contributed by atoms with van der Waals surface area (Å²) >= 11 is 11.8. The number of hydrogen-bond acceptors (Lipinski definition) is 3. The predicted octanol–water partition coefficient (Wildman–Crippen LogP) is 4.30. The van der Waals surface area contributed by atoms with Crippen molar-refractivity contribution in [2.45, 2.75) is 6.92 Å². The Hall–Kier alpha value is -2.50. The second kappa shape index (κ2) is 8.25. The van der Waals surface area contributed by atoms with Crippen molar-refractivity contribution in [2.24, 2.45) is 0 Å². The molecule has 0 fully saturated rings. The van der Waals surface area contributed by atoms with Crippen molar-refractivity contribution < 1.29 is 9.53 Å². The fourth-order valence-corrected chi connectivity index (χ4v) is 2.77. The molecule has 26 heavy (non-hydrogen) atoms. The SMILES string of the molecule is Cc1c(C(=O)NCCOc2ccc(Cl)cc2)cnn1-c1cccc(Cl)c1. The first-order valence-corrected chi connectivity index (χ1v) is 8.77. The van der Waals surface area contributed by atoms with Gasteiger partial charge in [-0.2, -0.15) is 5.10 Å². The molecule has 1 heterocycles. The van der Waals surface area contributed by atoms with Crippen LogP contribution >= 0.6 is 23.2 Å². The maximum Gasteiger partial charge on any atom is 0.254 e. The zero-order valence-electron chi connectivity index (χ0n) is 14.1. The van der Waals surface area contributed by atoms with Crippen molar-refractivity contribution in [1.29, 1.82) is 0 Å². The van der Waals surface area contributed by atoms with Gasteiger partial charge in [0.15, 0.2) is 0 Å². The molecular formula is C19H17Cl2N3O2. The van der Waals surface area contributed by atoms with Crippen LogP contribution in [0.2, 0.25) is 10.0 Å². The van der Waals surface area contributed by atoms with E-state index in [1.165, 1.54) is 0 Å². The van der Waals surface area contributed by atoms with E-state index in [9.17, 15) is 4.79 Å². The van der Waals surface area contributed by atoms with E-state index in [-0.39, 0.29) is 5.91 Å². The van der Waals surface area contributed by atoms with Crippen LogP contribution in [0.4, 0.5) is 0 Å². The summed E-state index contributed by atoms with van der Waals surface area (Å²) in [5, 5.41) is 8.38. The first-order valence-electron chi connectivity index (χ1n) is 8.02. The minimum absolute atomic E-state index is 0.199. The quantitative estimate of drug-likeness (QED) is 0.639. The van der Waals surface area contributed by atoms with E-state index >= 15 is 0 Å². The largest absolute Gasteiger partial charge is 0.492 e. The summed E-state index contributed by atoms with van der Waals surface area (Å²) < 4.78 is 7.24. The highest BCUT2D eigenvalue weighted by Crippen LogP contribution is 2.18. The number of nitrogens with zero attached hydrogens (tertiary/aromatic N) is 2. The van der Waals surface area contributed by atoms with E-state index in [1.807, 2.05) is 19.1 Å². The topological polar surface area (TPSA) is 56.1 Å². The maximum absolute atomic E-state index is 12.4. The van der Waals surface area contributed by atoms with Crippen LogP contribution in [-0.4, -0.2) is 28.8 Å². The molecule has 0 aliphatic carbocycles. The average molecular weight is 390 g/mol. The summed E-state index contributed by atoms with van der Waals surface area (Å²) in [6.45, 7) is 2.57. The van der Waals surface area contributed by atoms with Gasteiger partial charge < -0.3 is 10.1 Å². The van der Waals surface area contributed by atoms with Gasteiger partial charge in [0.05, 0.1) is 29.7 Å². The fraction of sp³-hybridized carbons (Fsp3) is 0.158. The van der Waals surface area contributed by atoms with Gasteiger partial charge in [-0.1, -0.05) is 29.3 Å². The van der Waals surface area contributed by atoms with Gasteiger partial charge in [0.25, 0.3) is 5.91 Å². The van der Waals surface area contributed by atoms with Crippen molar-refractivity contribution in [3.8, 4) is 11.4 Å². The Labute approximate surface area is 161 Å². The van der Waals surface area contributed by atoms with Gasteiger partial charge in [-0.25, -0.2) is 4.68 Å². The molecule has 2 aromatic carbocycles. The summed E-state index contributed by atoms with van der Waals surface area (Å²) in [6, 6.07) is 14.4. The van der Waals surface area contributed by atoms with Crippen molar-refractivity contribution in [3.05, 3.63) is 76.0 Å². The van der Waals surface area contributed by atoms with Gasteiger partial charge in [0.1, 0.15) is 12.4 Å². The lowest BCUT2D eigenvalue weighted by atomic mass is 10.2. The van der Waals surface area contributed by atoms with Crippen LogP contribution in [-0.2, 0) is 0 Å². The second-order valence-corrected chi connectivity index (χ2v) is 6.47. The number of carbonyl (C=O) groups is 1. The minimum atomic E-state index is -0.199. The Balaban J connectivity index is 1.57. The number of halogens is 2. The first-order chi connectivity index (χ1) is 12.5. The van der Waals surface area contributed by atoms with Gasteiger partial charge in [-0.15, -0.1) is 0 Å². The minimum Gasteiger partial charge on any atom is -0.492 e. The lowest BCUT2D eigenvalue weighted by molar-refractivity contribution is 0.0946. The Morgan fingerprint density at radius 2 is 1.92 bits per heavy atom. The Morgan fingerprint density at radius 3 is 2.65 bits per heavy atom. The molecule has 1 amide bonds. The number of benzene rings is 2. The Kier molecular flexibility index (Phi) is 5.81. The van der Waals surface area contributed by atoms with Crippen LogP contribution in [0, 0.1) is 6.92 Å². The number of carbonyl (C=O) groups excluding carboxylic acids is 1. The molecule has 0 atom stereocenters. The zero-order valence-corrected chi connectivity index (χ0v) is 15.6. The molecule has 0 spiro atoms. The molecule has 1 N–H and O–H groups in total. The van der Waals surface area contributed by atoms with E-state index in [1.54, 1.807) is 47.3 Å². The maximum atomic E-state index is 12.4. The molecule has 0 aliphatic rings. The normalized spacial score (nSPS) is 10.6. The molecule has 5 nitrogen and oxygen atoms in total. The smallest absolute Gasteiger partial charge is 0.254 e. The van der Waals surface area contributed by atoms with E-state index < -0.39 is 0 Å². The van der Waals surface area contributed by atoms with Gasteiger partial charge in [-0.05, 0) is 49.4 Å². The first kappa shape index (κ1) is 18.3. The monoisotopic (exact) mass is 389 g/mol. The average Bonchev–Trinajstić information content (AvgIpc) is 3.01. The van der Waals surface area contributed by atoms with Crippen molar-refractivity contribution >= 4 is 29.1 Å². The van der Waals surface area contributed by atoms with Crippen LogP contribution in [0.3, 0.4) is 0 Å². The van der Waals surface area contributed by atoms with Crippen LogP contribution in [0.25, 0.3) is 5.69 Å². The van der Waals surface area contributed by atoms with Crippen LogP contribution in [0.1, 0.15) is 16.1 Å². The van der Waals surface area contributed by atoms with Crippen molar-refractivity contribution in [1.82, 2.24) is 15.1 Å². The Morgan fingerprint density at radius 1 is 1.15 bits per heavy atom. The third-order valence-electron chi connectivity index (χ3n) is 3.78. The van der Waals surface area contributed by atoms with Gasteiger partial charge in [-0.3, -0.25) is 4.79 Å². The highest BCUT2D eigenvalue weighted by atomic mass is 35.5. The van der Waals surface area contributed by atoms with E-state index in [0.29, 0.717) is 34.5 Å². The lowest BCUT2D eigenvalue weighted by Crippen LogP contribution is -2.28. The summed E-state index contributed by atoms with van der Waals surface area (Å²) in [7, 11) is 0. The van der Waals surface area contributed by atoms with Crippen LogP contribution in [0.15, 0.2) is 54.7 Å². The third-order valence-corrected chi connectivity index (χ3v) is 4.26. The number of rotatable bonds is 6. The third kappa shape index (κ3) is 4.36. The molecule has 0 saturated heterocycles. The molecule has 7 heteroatoms. The second-order valence-electron chi connectivity index (χ2n) is 5.59. The molecule has 3 aromatic rings. The van der Waals surface area contributed by atoms with Gasteiger partial charge >= 0.3 is 0 Å². The molecule has 3 rings (SSSR count). The molecule has 0 aliphatic heterocycles. The highest BCUT2D eigenvalue weighted by Gasteiger charge is 2.15. The molecule has 134 valence electrons. The number of ether oxygens (including phenoxy) is 1. The highest BCUT2D eigenvalue weighted by molar-refractivity contribution is 6.30. The number of nitrogens with one attached hydrogen (secondary N) is 1. The van der Waals surface area contributed by atoms with Gasteiger partial charge in [0.2, 0.25) is 0 Å². The molecule has 0 radical (unpaired) electrons. The lowest BCUT2D eigenvalue weighted by Gasteiger charge is -2.08. The zero-order chi connectivity index (χ0) is 18.5. The molecule has 0 saturated carbocycles. The summed E-state index contributed by atoms with van der Waals surface area (Å²) in [5.41, 5.74) is 2.06. The fourth-order valence-electron chi connectivity index (χ4n) is 2.46. The van der Waals surface area contributed by atoms with Crippen LogP contribution in [0.5, 0.6) is 5.75 Å². The van der Waals surface area contributed by atoms with E-state index in [4.69, 9.17) is 27.9 Å². The summed E-state index contributed by atoms with van der Waals surface area (Å²) in [5.74, 6) is 0.504. The van der Waals surface area contributed by atoms with Crippen LogP contribution < -0.4 is 10.1 Å². The van der Waals surface area contributed by atoms with E-state index in [0.717, 1.165) is 11.4 Å². The number of amides is 1. The predicted molar refractivity (Wildman–Crippen MR) is 103 cm³/mol. The van der Waals surface area contributed by atoms with E-state index in [2.05, 4.69) is 10.4 Å². The molecule has 0 unspecified atom stereocenters. The number of hydrogen-bond donors (Lipinski definition) is 1. The number of aromatic nitrogens is 2. The van der Waals surface area contributed by atoms with Crippen molar-refractivity contribution in [2.75, 3.05) is 13.2 Å². The standard InChI is InChI=1S/C19H17Cl2N3O2/c1-13-18(12-23-24(13)16-4-2-3-15(21)11-16)19(25)22-9-10-26-17-7-5-14(20)6-8-17/h2-8,11-12H,9-10H2,1H3,(H,22,25). The van der Waals surface area contributed by atoms with Crippen molar-refractivity contribution in [3.63, 3.8) is 0 Å². The molecule has 0 bridgehead atoms.